The number of nitrogens with zero attached hydrogens (tertiary/aromatic N) is 1. The first-order valence-corrected chi connectivity index (χ1v) is 11.7. The van der Waals surface area contributed by atoms with Gasteiger partial charge in [0.1, 0.15) is 0 Å². The number of ether oxygens (including phenoxy) is 3. The van der Waals surface area contributed by atoms with Crippen LogP contribution in [0.15, 0.2) is 30.3 Å². The molecule has 3 rings (SSSR count). The van der Waals surface area contributed by atoms with Gasteiger partial charge in [0.15, 0.2) is 11.5 Å². The number of rotatable bonds is 8. The summed E-state index contributed by atoms with van der Waals surface area (Å²) in [6.45, 7) is 2.64. The average molecular weight is 449 g/mol. The average Bonchev–Trinajstić information content (AvgIpc) is 2.77. The van der Waals surface area contributed by atoms with E-state index in [1.807, 2.05) is 25.1 Å². The molecule has 0 bridgehead atoms. The van der Waals surface area contributed by atoms with Crippen LogP contribution in [0.5, 0.6) is 17.2 Å². The van der Waals surface area contributed by atoms with E-state index in [4.69, 9.17) is 14.2 Å². The summed E-state index contributed by atoms with van der Waals surface area (Å²) in [5, 5.41) is 2.87. The van der Waals surface area contributed by atoms with Crippen molar-refractivity contribution in [3.63, 3.8) is 0 Å². The van der Waals surface area contributed by atoms with E-state index in [-0.39, 0.29) is 17.4 Å². The summed E-state index contributed by atoms with van der Waals surface area (Å²) in [6.07, 6.45) is 1.23. The topological polar surface area (TPSA) is 94.2 Å². The molecule has 0 spiro atoms. The van der Waals surface area contributed by atoms with E-state index >= 15 is 0 Å². The van der Waals surface area contributed by atoms with Gasteiger partial charge in [0.05, 0.1) is 32.6 Å². The first-order chi connectivity index (χ1) is 14.8. The Kier molecular flexibility index (Phi) is 7.07. The molecule has 1 aliphatic heterocycles. The summed E-state index contributed by atoms with van der Waals surface area (Å²) in [6, 6.07) is 8.82. The monoisotopic (exact) mass is 448 g/mol. The molecule has 1 amide bonds. The van der Waals surface area contributed by atoms with Gasteiger partial charge < -0.3 is 19.5 Å². The SMILES string of the molecule is CCCS(=O)(=O)N1CCc2ccc(NC(=O)c3ccc(OC)c(OC)c3OC)cc2C1. The van der Waals surface area contributed by atoms with Crippen LogP contribution >= 0.6 is 0 Å². The van der Waals surface area contributed by atoms with Gasteiger partial charge in [-0.2, -0.15) is 4.31 Å². The Labute approximate surface area is 183 Å². The van der Waals surface area contributed by atoms with Crippen molar-refractivity contribution in [3.8, 4) is 17.2 Å². The molecule has 8 nitrogen and oxygen atoms in total. The summed E-state index contributed by atoms with van der Waals surface area (Å²) in [7, 11) is 1.17. The second-order valence-corrected chi connectivity index (χ2v) is 9.31. The Hall–Kier alpha value is -2.78. The molecule has 2 aromatic rings. The maximum Gasteiger partial charge on any atom is 0.259 e. The fraction of sp³-hybridized carbons (Fsp3) is 0.409. The van der Waals surface area contributed by atoms with Gasteiger partial charge >= 0.3 is 0 Å². The van der Waals surface area contributed by atoms with Crippen molar-refractivity contribution in [3.05, 3.63) is 47.0 Å². The predicted octanol–water partition coefficient (Wildman–Crippen LogP) is 3.06. The highest BCUT2D eigenvalue weighted by atomic mass is 32.2. The van der Waals surface area contributed by atoms with Crippen molar-refractivity contribution >= 4 is 21.6 Å². The van der Waals surface area contributed by atoms with E-state index in [1.165, 1.54) is 25.6 Å². The van der Waals surface area contributed by atoms with Gasteiger partial charge in [-0.05, 0) is 48.2 Å². The van der Waals surface area contributed by atoms with Crippen LogP contribution in [0.2, 0.25) is 0 Å². The van der Waals surface area contributed by atoms with Gasteiger partial charge in [0.2, 0.25) is 15.8 Å². The summed E-state index contributed by atoms with van der Waals surface area (Å²) in [5.41, 5.74) is 2.85. The molecule has 31 heavy (non-hydrogen) atoms. The van der Waals surface area contributed by atoms with Gasteiger partial charge in [0, 0.05) is 18.8 Å². The molecule has 1 aliphatic rings. The fourth-order valence-corrected chi connectivity index (χ4v) is 5.19. The zero-order chi connectivity index (χ0) is 22.6. The maximum atomic E-state index is 12.9. The number of fused-ring (bicyclic) bond motifs is 1. The number of benzene rings is 2. The van der Waals surface area contributed by atoms with Crippen LogP contribution in [0.1, 0.15) is 34.8 Å². The number of amides is 1. The van der Waals surface area contributed by atoms with Crippen LogP contribution < -0.4 is 19.5 Å². The molecule has 0 saturated heterocycles. The Bertz CT molecular complexity index is 1070. The van der Waals surface area contributed by atoms with Gasteiger partial charge in [0.25, 0.3) is 5.91 Å². The molecule has 0 radical (unpaired) electrons. The lowest BCUT2D eigenvalue weighted by molar-refractivity contribution is 0.102. The van der Waals surface area contributed by atoms with Crippen LogP contribution in [0, 0.1) is 0 Å². The lowest BCUT2D eigenvalue weighted by Crippen LogP contribution is -2.37. The number of carbonyl (C=O) groups excluding carboxylic acids is 1. The Morgan fingerprint density at radius 2 is 1.77 bits per heavy atom. The summed E-state index contributed by atoms with van der Waals surface area (Å²) < 4.78 is 42.4. The van der Waals surface area contributed by atoms with Crippen LogP contribution in [0.4, 0.5) is 5.69 Å². The van der Waals surface area contributed by atoms with Gasteiger partial charge in [-0.15, -0.1) is 0 Å². The molecule has 0 aromatic heterocycles. The lowest BCUT2D eigenvalue weighted by atomic mass is 10.0. The van der Waals surface area contributed by atoms with Gasteiger partial charge in [-0.1, -0.05) is 13.0 Å². The number of carbonyl (C=O) groups is 1. The largest absolute Gasteiger partial charge is 0.493 e. The normalized spacial score (nSPS) is 13.9. The standard InChI is InChI=1S/C22H28N2O6S/c1-5-12-31(26,27)24-11-10-15-6-7-17(13-16(15)14-24)23-22(25)18-8-9-19(28-2)21(30-4)20(18)29-3/h6-9,13H,5,10-12,14H2,1-4H3,(H,23,25). The molecule has 0 aliphatic carbocycles. The molecular weight excluding hydrogens is 420 g/mol. The fourth-order valence-electron chi connectivity index (χ4n) is 3.71. The van der Waals surface area contributed by atoms with Gasteiger partial charge in [-0.3, -0.25) is 4.79 Å². The number of sulfonamides is 1. The van der Waals surface area contributed by atoms with Crippen LogP contribution in [-0.4, -0.2) is 52.3 Å². The van der Waals surface area contributed by atoms with Crippen molar-refractivity contribution < 1.29 is 27.4 Å². The van der Waals surface area contributed by atoms with Crippen LogP contribution in [-0.2, 0) is 23.0 Å². The highest BCUT2D eigenvalue weighted by Gasteiger charge is 2.26. The molecule has 0 fully saturated rings. The third-order valence-electron chi connectivity index (χ3n) is 5.25. The minimum atomic E-state index is -3.27. The number of hydrogen-bond acceptors (Lipinski definition) is 6. The van der Waals surface area contributed by atoms with E-state index in [1.54, 1.807) is 12.1 Å². The van der Waals surface area contributed by atoms with E-state index in [0.29, 0.717) is 48.7 Å². The van der Waals surface area contributed by atoms with Crippen molar-refractivity contribution in [2.45, 2.75) is 26.3 Å². The quantitative estimate of drug-likeness (QED) is 0.667. The van der Waals surface area contributed by atoms with Crippen molar-refractivity contribution in [1.29, 1.82) is 0 Å². The van der Waals surface area contributed by atoms with E-state index in [2.05, 4.69) is 5.32 Å². The molecule has 0 unspecified atom stereocenters. The molecule has 2 aromatic carbocycles. The summed E-state index contributed by atoms with van der Waals surface area (Å²) >= 11 is 0. The predicted molar refractivity (Wildman–Crippen MR) is 119 cm³/mol. The third kappa shape index (κ3) is 4.77. The molecule has 168 valence electrons. The highest BCUT2D eigenvalue weighted by molar-refractivity contribution is 7.89. The molecule has 1 N–H and O–H groups in total. The molecule has 0 saturated carbocycles. The second-order valence-electron chi connectivity index (χ2n) is 7.22. The maximum absolute atomic E-state index is 12.9. The lowest BCUT2D eigenvalue weighted by Gasteiger charge is -2.28. The highest BCUT2D eigenvalue weighted by Crippen LogP contribution is 2.40. The number of anilines is 1. The number of methoxy groups -OCH3 is 3. The van der Waals surface area contributed by atoms with Crippen molar-refractivity contribution in [1.82, 2.24) is 4.31 Å². The molecule has 9 heteroatoms. The van der Waals surface area contributed by atoms with Crippen molar-refractivity contribution in [2.24, 2.45) is 0 Å². The van der Waals surface area contributed by atoms with Gasteiger partial charge in [-0.25, -0.2) is 8.42 Å². The van der Waals surface area contributed by atoms with E-state index in [0.717, 1.165) is 11.1 Å². The minimum absolute atomic E-state index is 0.137. The van der Waals surface area contributed by atoms with E-state index < -0.39 is 10.0 Å². The Balaban J connectivity index is 1.85. The molecule has 0 atom stereocenters. The molecule has 1 heterocycles. The van der Waals surface area contributed by atoms with Crippen molar-refractivity contribution in [2.75, 3.05) is 38.9 Å². The zero-order valence-electron chi connectivity index (χ0n) is 18.2. The van der Waals surface area contributed by atoms with E-state index in [9.17, 15) is 13.2 Å². The Morgan fingerprint density at radius 1 is 1.03 bits per heavy atom. The first-order valence-electron chi connectivity index (χ1n) is 10.0. The smallest absolute Gasteiger partial charge is 0.259 e. The summed E-state index contributed by atoms with van der Waals surface area (Å²) in [4.78, 5) is 12.9. The number of hydrogen-bond donors (Lipinski definition) is 1. The minimum Gasteiger partial charge on any atom is -0.493 e. The number of nitrogens with one attached hydrogen (secondary N) is 1. The molecular formula is C22H28N2O6S. The first kappa shape index (κ1) is 22.9. The van der Waals surface area contributed by atoms with Crippen LogP contribution in [0.25, 0.3) is 0 Å². The zero-order valence-corrected chi connectivity index (χ0v) is 19.0. The summed E-state index contributed by atoms with van der Waals surface area (Å²) in [5.74, 6) is 0.828. The Morgan fingerprint density at radius 3 is 2.42 bits per heavy atom. The third-order valence-corrected chi connectivity index (χ3v) is 7.27. The second kappa shape index (κ2) is 9.57. The van der Waals surface area contributed by atoms with Crippen LogP contribution in [0.3, 0.4) is 0 Å².